The quantitative estimate of drug-likeness (QED) is 0.703. The first-order chi connectivity index (χ1) is 13.5. The number of nitrogens with zero attached hydrogens (tertiary/aromatic N) is 1. The Kier molecular flexibility index (Phi) is 7.23. The van der Waals surface area contributed by atoms with Crippen LogP contribution in [0, 0.1) is 0 Å². The zero-order valence-electron chi connectivity index (χ0n) is 16.7. The molecule has 5 nitrogen and oxygen atoms in total. The molecular weight excluding hydrogens is 372 g/mol. The Morgan fingerprint density at radius 2 is 1.68 bits per heavy atom. The highest BCUT2D eigenvalue weighted by molar-refractivity contribution is 8.00. The second kappa shape index (κ2) is 9.85. The Hall–Kier alpha value is -2.18. The maximum absolute atomic E-state index is 12.5. The smallest absolute Gasteiger partial charge is 0.237 e. The number of hydrogen-bond donors (Lipinski definition) is 1. The van der Waals surface area contributed by atoms with Crippen LogP contribution in [0.15, 0.2) is 53.4 Å². The van der Waals surface area contributed by atoms with E-state index >= 15 is 0 Å². The van der Waals surface area contributed by atoms with Crippen LogP contribution in [0.3, 0.4) is 0 Å². The maximum atomic E-state index is 12.5. The van der Waals surface area contributed by atoms with Gasteiger partial charge in [-0.05, 0) is 75.3 Å². The van der Waals surface area contributed by atoms with Crippen molar-refractivity contribution in [2.24, 2.45) is 0 Å². The first-order valence-corrected chi connectivity index (χ1v) is 10.5. The highest BCUT2D eigenvalue weighted by Gasteiger charge is 2.18. The monoisotopic (exact) mass is 400 g/mol. The van der Waals surface area contributed by atoms with Gasteiger partial charge in [0.1, 0.15) is 17.6 Å². The van der Waals surface area contributed by atoms with Gasteiger partial charge in [0.05, 0.1) is 12.4 Å². The highest BCUT2D eigenvalue weighted by Crippen LogP contribution is 2.27. The lowest BCUT2D eigenvalue weighted by atomic mass is 10.1. The minimum atomic E-state index is -0.205. The summed E-state index contributed by atoms with van der Waals surface area (Å²) < 4.78 is 11.2. The van der Waals surface area contributed by atoms with Gasteiger partial charge in [0.2, 0.25) is 5.91 Å². The average molecular weight is 401 g/mol. The lowest BCUT2D eigenvalue weighted by molar-refractivity contribution is -0.115. The first kappa shape index (κ1) is 20.6. The van der Waals surface area contributed by atoms with Crippen molar-refractivity contribution in [2.45, 2.75) is 36.0 Å². The summed E-state index contributed by atoms with van der Waals surface area (Å²) in [6, 6.07) is 15.4. The Balaban J connectivity index is 1.49. The fourth-order valence-electron chi connectivity index (χ4n) is 3.07. The first-order valence-electron chi connectivity index (χ1n) is 9.60. The number of amides is 1. The van der Waals surface area contributed by atoms with Crippen LogP contribution in [0.25, 0.3) is 0 Å². The van der Waals surface area contributed by atoms with Crippen LogP contribution in [0.5, 0.6) is 11.5 Å². The number of likely N-dealkylation sites (tertiary alicyclic amines) is 1. The average Bonchev–Trinajstić information content (AvgIpc) is 2.71. The fourth-order valence-corrected chi connectivity index (χ4v) is 3.94. The molecule has 1 unspecified atom stereocenters. The van der Waals surface area contributed by atoms with Gasteiger partial charge >= 0.3 is 0 Å². The van der Waals surface area contributed by atoms with Gasteiger partial charge in [0, 0.05) is 23.7 Å². The van der Waals surface area contributed by atoms with Gasteiger partial charge in [-0.1, -0.05) is 0 Å². The van der Waals surface area contributed by atoms with Gasteiger partial charge in [0.15, 0.2) is 0 Å². The molecule has 6 heteroatoms. The van der Waals surface area contributed by atoms with Gasteiger partial charge in [-0.2, -0.15) is 0 Å². The molecule has 150 valence electrons. The summed E-state index contributed by atoms with van der Waals surface area (Å²) >= 11 is 1.52. The van der Waals surface area contributed by atoms with Crippen molar-refractivity contribution in [3.05, 3.63) is 48.5 Å². The Bertz CT molecular complexity index is 756. The van der Waals surface area contributed by atoms with Crippen molar-refractivity contribution < 1.29 is 14.3 Å². The molecule has 0 spiro atoms. The molecule has 0 saturated carbocycles. The molecule has 28 heavy (non-hydrogen) atoms. The number of benzene rings is 2. The number of rotatable bonds is 7. The van der Waals surface area contributed by atoms with E-state index in [2.05, 4.69) is 17.3 Å². The van der Waals surface area contributed by atoms with E-state index in [0.717, 1.165) is 48.0 Å². The molecule has 2 aromatic rings. The van der Waals surface area contributed by atoms with Crippen LogP contribution in [0.4, 0.5) is 5.69 Å². The lowest BCUT2D eigenvalue weighted by Crippen LogP contribution is -2.35. The zero-order chi connectivity index (χ0) is 19.9. The molecule has 1 saturated heterocycles. The van der Waals surface area contributed by atoms with Crippen molar-refractivity contribution in [1.82, 2.24) is 4.90 Å². The molecule has 1 heterocycles. The summed E-state index contributed by atoms with van der Waals surface area (Å²) in [5, 5.41) is 2.77. The molecule has 3 rings (SSSR count). The summed E-state index contributed by atoms with van der Waals surface area (Å²) in [6.45, 7) is 4.05. The predicted molar refractivity (Wildman–Crippen MR) is 115 cm³/mol. The summed E-state index contributed by atoms with van der Waals surface area (Å²) in [7, 11) is 3.78. The second-order valence-electron chi connectivity index (χ2n) is 7.07. The third-order valence-corrected chi connectivity index (χ3v) is 5.94. The molecule has 0 aliphatic carbocycles. The van der Waals surface area contributed by atoms with Crippen molar-refractivity contribution in [2.75, 3.05) is 32.6 Å². The molecule has 1 atom stereocenters. The third kappa shape index (κ3) is 5.91. The van der Waals surface area contributed by atoms with E-state index in [0.29, 0.717) is 0 Å². The minimum Gasteiger partial charge on any atom is -0.497 e. The summed E-state index contributed by atoms with van der Waals surface area (Å²) in [4.78, 5) is 15.8. The van der Waals surface area contributed by atoms with Crippen molar-refractivity contribution in [3.8, 4) is 11.5 Å². The summed E-state index contributed by atoms with van der Waals surface area (Å²) in [5.41, 5.74) is 0.780. The van der Waals surface area contributed by atoms with Crippen LogP contribution in [0.2, 0.25) is 0 Å². The second-order valence-corrected chi connectivity index (χ2v) is 8.48. The summed E-state index contributed by atoms with van der Waals surface area (Å²) in [6.07, 6.45) is 2.38. The van der Waals surface area contributed by atoms with Gasteiger partial charge in [0.25, 0.3) is 0 Å². The molecule has 1 amide bonds. The number of hydrogen-bond acceptors (Lipinski definition) is 5. The summed E-state index contributed by atoms with van der Waals surface area (Å²) in [5.74, 6) is 1.64. The molecule has 1 fully saturated rings. The lowest BCUT2D eigenvalue weighted by Gasteiger charge is -2.29. The molecule has 2 aromatic carbocycles. The van der Waals surface area contributed by atoms with Crippen LogP contribution < -0.4 is 14.8 Å². The topological polar surface area (TPSA) is 50.8 Å². The molecule has 0 radical (unpaired) electrons. The van der Waals surface area contributed by atoms with Gasteiger partial charge in [-0.15, -0.1) is 11.8 Å². The Morgan fingerprint density at radius 3 is 2.29 bits per heavy atom. The number of nitrogens with one attached hydrogen (secondary N) is 1. The van der Waals surface area contributed by atoms with E-state index in [4.69, 9.17) is 9.47 Å². The highest BCUT2D eigenvalue weighted by atomic mass is 32.2. The maximum Gasteiger partial charge on any atom is 0.237 e. The van der Waals surface area contributed by atoms with Crippen LogP contribution >= 0.6 is 11.8 Å². The largest absolute Gasteiger partial charge is 0.497 e. The van der Waals surface area contributed by atoms with Crippen LogP contribution in [-0.4, -0.2) is 49.4 Å². The molecule has 1 aliphatic rings. The van der Waals surface area contributed by atoms with E-state index in [-0.39, 0.29) is 17.3 Å². The SMILES string of the molecule is COc1ccc(SC(C)C(=O)Nc2ccc(OC3CCN(C)CC3)cc2)cc1. The normalized spacial score (nSPS) is 16.4. The third-order valence-electron chi connectivity index (χ3n) is 4.83. The minimum absolute atomic E-state index is 0.0233. The van der Waals surface area contributed by atoms with E-state index in [1.807, 2.05) is 55.5 Å². The molecule has 1 aliphatic heterocycles. The Labute approximate surface area is 171 Å². The van der Waals surface area contributed by atoms with E-state index in [9.17, 15) is 4.79 Å². The van der Waals surface area contributed by atoms with E-state index < -0.39 is 0 Å². The van der Waals surface area contributed by atoms with E-state index in [1.54, 1.807) is 7.11 Å². The number of carbonyl (C=O) groups is 1. The predicted octanol–water partition coefficient (Wildman–Crippen LogP) is 4.29. The standard InChI is InChI=1S/C22H28N2O3S/c1-16(28-21-10-8-18(26-3)9-11-21)22(25)23-17-4-6-19(7-5-17)27-20-12-14-24(2)15-13-20/h4-11,16,20H,12-15H2,1-3H3,(H,23,25). The molecule has 0 aromatic heterocycles. The van der Waals surface area contributed by atoms with Crippen molar-refractivity contribution >= 4 is 23.4 Å². The molecule has 0 bridgehead atoms. The van der Waals surface area contributed by atoms with Crippen molar-refractivity contribution in [3.63, 3.8) is 0 Å². The number of methoxy groups -OCH3 is 1. The number of thioether (sulfide) groups is 1. The zero-order valence-corrected chi connectivity index (χ0v) is 17.5. The Morgan fingerprint density at radius 1 is 1.07 bits per heavy atom. The van der Waals surface area contributed by atoms with Crippen LogP contribution in [0.1, 0.15) is 19.8 Å². The van der Waals surface area contributed by atoms with E-state index in [1.165, 1.54) is 11.8 Å². The number of anilines is 1. The number of carbonyl (C=O) groups excluding carboxylic acids is 1. The fraction of sp³-hybridized carbons (Fsp3) is 0.409. The van der Waals surface area contributed by atoms with Crippen molar-refractivity contribution in [1.29, 1.82) is 0 Å². The van der Waals surface area contributed by atoms with Gasteiger partial charge in [-0.3, -0.25) is 4.79 Å². The van der Waals surface area contributed by atoms with Gasteiger partial charge in [-0.25, -0.2) is 0 Å². The molecule has 1 N–H and O–H groups in total. The molecular formula is C22H28N2O3S. The number of ether oxygens (including phenoxy) is 2. The number of piperidine rings is 1. The van der Waals surface area contributed by atoms with Crippen LogP contribution in [-0.2, 0) is 4.79 Å². The van der Waals surface area contributed by atoms with Gasteiger partial charge < -0.3 is 19.7 Å².